The molecule has 0 spiro atoms. The van der Waals surface area contributed by atoms with Crippen molar-refractivity contribution in [2.45, 2.75) is 20.8 Å². The van der Waals surface area contributed by atoms with Gasteiger partial charge in [0.15, 0.2) is 0 Å². The molecule has 0 atom stereocenters. The fourth-order valence-electron chi connectivity index (χ4n) is 1.86. The van der Waals surface area contributed by atoms with Gasteiger partial charge in [0.25, 0.3) is 0 Å². The van der Waals surface area contributed by atoms with Crippen LogP contribution in [0.25, 0.3) is 0 Å². The lowest BCUT2D eigenvalue weighted by Crippen LogP contribution is -2.06. The van der Waals surface area contributed by atoms with Gasteiger partial charge in [0.1, 0.15) is 11.9 Å². The zero-order chi connectivity index (χ0) is 14.5. The Balaban J connectivity index is 2.37. The molecule has 0 fully saturated rings. The van der Waals surface area contributed by atoms with E-state index in [4.69, 9.17) is 0 Å². The molecule has 5 heteroatoms. The molecule has 0 aliphatic heterocycles. The second kappa shape index (κ2) is 6.02. The smallest absolute Gasteiger partial charge is 0.224 e. The third-order valence-electron chi connectivity index (χ3n) is 2.94. The molecule has 0 bridgehead atoms. The first kappa shape index (κ1) is 13.8. The normalized spacial score (nSPS) is 9.90. The number of hydrogen-bond donors (Lipinski definition) is 2. The molecule has 0 saturated heterocycles. The van der Waals surface area contributed by atoms with Crippen molar-refractivity contribution >= 4 is 17.5 Å². The molecule has 0 saturated carbocycles. The number of nitriles is 1. The van der Waals surface area contributed by atoms with E-state index in [-0.39, 0.29) is 0 Å². The molecule has 102 valence electrons. The minimum Gasteiger partial charge on any atom is -0.354 e. The average molecular weight is 267 g/mol. The molecule has 0 aliphatic rings. The molecule has 5 nitrogen and oxygen atoms in total. The van der Waals surface area contributed by atoms with Crippen molar-refractivity contribution in [3.63, 3.8) is 0 Å². The van der Waals surface area contributed by atoms with E-state index in [0.717, 1.165) is 23.4 Å². The number of aromatic nitrogens is 2. The average Bonchev–Trinajstić information content (AvgIpc) is 2.43. The summed E-state index contributed by atoms with van der Waals surface area (Å²) in [5.41, 5.74) is 3.26. The largest absolute Gasteiger partial charge is 0.354 e. The van der Waals surface area contributed by atoms with Crippen molar-refractivity contribution in [2.75, 3.05) is 17.2 Å². The van der Waals surface area contributed by atoms with Gasteiger partial charge in [-0.25, -0.2) is 4.98 Å². The lowest BCUT2D eigenvalue weighted by atomic mass is 10.1. The number of nitrogens with one attached hydrogen (secondary N) is 2. The van der Waals surface area contributed by atoms with E-state index in [0.29, 0.717) is 17.3 Å². The molecule has 0 radical (unpaired) electrons. The van der Waals surface area contributed by atoms with Crippen LogP contribution in [0.1, 0.15) is 23.6 Å². The number of rotatable bonds is 4. The first-order valence-corrected chi connectivity index (χ1v) is 6.50. The highest BCUT2D eigenvalue weighted by atomic mass is 15.1. The van der Waals surface area contributed by atoms with Gasteiger partial charge in [0, 0.05) is 18.3 Å². The van der Waals surface area contributed by atoms with Gasteiger partial charge in [-0.3, -0.25) is 0 Å². The summed E-state index contributed by atoms with van der Waals surface area (Å²) in [7, 11) is 0. The van der Waals surface area contributed by atoms with E-state index in [1.165, 1.54) is 0 Å². The monoisotopic (exact) mass is 267 g/mol. The minimum atomic E-state index is 0.576. The predicted molar refractivity (Wildman–Crippen MR) is 80.1 cm³/mol. The summed E-state index contributed by atoms with van der Waals surface area (Å²) in [5, 5.41) is 15.5. The van der Waals surface area contributed by atoms with Crippen molar-refractivity contribution < 1.29 is 0 Å². The van der Waals surface area contributed by atoms with Gasteiger partial charge in [-0.1, -0.05) is 12.1 Å². The maximum atomic E-state index is 9.25. The summed E-state index contributed by atoms with van der Waals surface area (Å²) in [4.78, 5) is 8.62. The van der Waals surface area contributed by atoms with Gasteiger partial charge in [-0.2, -0.15) is 10.2 Å². The van der Waals surface area contributed by atoms with E-state index in [2.05, 4.69) is 26.7 Å². The van der Waals surface area contributed by atoms with Gasteiger partial charge < -0.3 is 10.6 Å². The zero-order valence-corrected chi connectivity index (χ0v) is 11.9. The zero-order valence-electron chi connectivity index (χ0n) is 11.9. The summed E-state index contributed by atoms with van der Waals surface area (Å²) in [6.07, 6.45) is 1.76. The van der Waals surface area contributed by atoms with Crippen LogP contribution in [-0.2, 0) is 0 Å². The molecular formula is C15H17N5. The fourth-order valence-corrected chi connectivity index (χ4v) is 1.86. The molecule has 1 aromatic carbocycles. The quantitative estimate of drug-likeness (QED) is 0.890. The van der Waals surface area contributed by atoms with Crippen molar-refractivity contribution in [3.05, 3.63) is 41.1 Å². The highest BCUT2D eigenvalue weighted by Gasteiger charge is 2.08. The van der Waals surface area contributed by atoms with Crippen LogP contribution in [0.5, 0.6) is 0 Å². The Kier molecular flexibility index (Phi) is 4.16. The summed E-state index contributed by atoms with van der Waals surface area (Å²) in [5.74, 6) is 1.28. The van der Waals surface area contributed by atoms with Gasteiger partial charge in [-0.15, -0.1) is 0 Å². The first-order chi connectivity index (χ1) is 9.65. The van der Waals surface area contributed by atoms with Crippen LogP contribution in [0.3, 0.4) is 0 Å². The number of nitrogens with zero attached hydrogens (tertiary/aromatic N) is 3. The Morgan fingerprint density at radius 1 is 1.25 bits per heavy atom. The number of benzene rings is 1. The molecule has 2 N–H and O–H groups in total. The molecule has 1 aromatic heterocycles. The third kappa shape index (κ3) is 2.86. The highest BCUT2D eigenvalue weighted by molar-refractivity contribution is 5.68. The molecule has 0 unspecified atom stereocenters. The molecular weight excluding hydrogens is 250 g/mol. The van der Waals surface area contributed by atoms with Crippen LogP contribution in [0.4, 0.5) is 17.5 Å². The van der Waals surface area contributed by atoms with Gasteiger partial charge in [-0.05, 0) is 32.4 Å². The summed E-state index contributed by atoms with van der Waals surface area (Å²) in [6, 6.07) is 7.93. The summed E-state index contributed by atoms with van der Waals surface area (Å²) in [6.45, 7) is 6.60. The predicted octanol–water partition coefficient (Wildman–Crippen LogP) is 3.14. The maximum absolute atomic E-state index is 9.25. The van der Waals surface area contributed by atoms with Crippen molar-refractivity contribution in [3.8, 4) is 6.07 Å². The molecule has 2 rings (SSSR count). The summed E-state index contributed by atoms with van der Waals surface area (Å²) < 4.78 is 0. The van der Waals surface area contributed by atoms with Crippen molar-refractivity contribution in [1.82, 2.24) is 9.97 Å². The van der Waals surface area contributed by atoms with Crippen molar-refractivity contribution in [1.29, 1.82) is 5.26 Å². The van der Waals surface area contributed by atoms with Gasteiger partial charge >= 0.3 is 0 Å². The van der Waals surface area contributed by atoms with Gasteiger partial charge in [0.05, 0.1) is 11.3 Å². The van der Waals surface area contributed by atoms with E-state index in [1.807, 2.05) is 39.0 Å². The van der Waals surface area contributed by atoms with E-state index < -0.39 is 0 Å². The SMILES string of the molecule is CCNc1ncc(C)c(Nc2cccc(C)c2C#N)n1. The highest BCUT2D eigenvalue weighted by Crippen LogP contribution is 2.24. The second-order valence-electron chi connectivity index (χ2n) is 4.49. The fraction of sp³-hybridized carbons (Fsp3) is 0.267. The number of hydrogen-bond acceptors (Lipinski definition) is 5. The summed E-state index contributed by atoms with van der Waals surface area (Å²) >= 11 is 0. The van der Waals surface area contributed by atoms with Crippen LogP contribution in [0, 0.1) is 25.2 Å². The van der Waals surface area contributed by atoms with Crippen LogP contribution in [0.2, 0.25) is 0 Å². The Morgan fingerprint density at radius 2 is 2.05 bits per heavy atom. The second-order valence-corrected chi connectivity index (χ2v) is 4.49. The standard InChI is InChI=1S/C15H17N5/c1-4-17-15-18-9-11(3)14(20-15)19-13-7-5-6-10(2)12(13)8-16/h5-7,9H,4H2,1-3H3,(H2,17,18,19,20). The first-order valence-electron chi connectivity index (χ1n) is 6.50. The van der Waals surface area contributed by atoms with Crippen LogP contribution < -0.4 is 10.6 Å². The Morgan fingerprint density at radius 3 is 2.75 bits per heavy atom. The topological polar surface area (TPSA) is 73.6 Å². The van der Waals surface area contributed by atoms with Crippen LogP contribution in [0.15, 0.2) is 24.4 Å². The minimum absolute atomic E-state index is 0.576. The van der Waals surface area contributed by atoms with Crippen molar-refractivity contribution in [2.24, 2.45) is 0 Å². The third-order valence-corrected chi connectivity index (χ3v) is 2.94. The molecule has 20 heavy (non-hydrogen) atoms. The Labute approximate surface area is 118 Å². The van der Waals surface area contributed by atoms with E-state index in [9.17, 15) is 5.26 Å². The van der Waals surface area contributed by atoms with E-state index >= 15 is 0 Å². The Bertz CT molecular complexity index is 658. The lowest BCUT2D eigenvalue weighted by molar-refractivity contribution is 1.07. The number of anilines is 3. The lowest BCUT2D eigenvalue weighted by Gasteiger charge is -2.12. The maximum Gasteiger partial charge on any atom is 0.224 e. The van der Waals surface area contributed by atoms with Crippen LogP contribution in [-0.4, -0.2) is 16.5 Å². The molecule has 2 aromatic rings. The number of aryl methyl sites for hydroxylation is 2. The van der Waals surface area contributed by atoms with E-state index in [1.54, 1.807) is 6.20 Å². The van der Waals surface area contributed by atoms with Gasteiger partial charge in [0.2, 0.25) is 5.95 Å². The van der Waals surface area contributed by atoms with Crippen LogP contribution >= 0.6 is 0 Å². The molecule has 0 aliphatic carbocycles. The molecule has 1 heterocycles. The molecule has 0 amide bonds. The Hall–Kier alpha value is -2.61.